The molecule has 0 amide bonds. The van der Waals surface area contributed by atoms with Crippen molar-refractivity contribution < 1.29 is 31.4 Å². The van der Waals surface area contributed by atoms with Gasteiger partial charge in [-0.2, -0.15) is 23.1 Å². The van der Waals surface area contributed by atoms with Crippen LogP contribution in [0.5, 0.6) is 11.9 Å². The Labute approximate surface area is 224 Å². The minimum absolute atomic E-state index is 0.0321. The summed E-state index contributed by atoms with van der Waals surface area (Å²) >= 11 is 0. The zero-order valence-electron chi connectivity index (χ0n) is 21.6. The number of methoxy groups -OCH3 is 1. The van der Waals surface area contributed by atoms with Gasteiger partial charge in [0.25, 0.3) is 0 Å². The predicted molar refractivity (Wildman–Crippen MR) is 136 cm³/mol. The van der Waals surface area contributed by atoms with E-state index in [4.69, 9.17) is 20.9 Å². The maximum absolute atomic E-state index is 16.2. The number of ether oxygens (including phenoxy) is 2. The molecule has 4 aromatic heterocycles. The second kappa shape index (κ2) is 9.57. The Bertz CT molecular complexity index is 1650. The number of aryl methyl sites for hydroxylation is 1. The summed E-state index contributed by atoms with van der Waals surface area (Å²) in [6.07, 6.45) is -3.92. The molecule has 40 heavy (non-hydrogen) atoms. The van der Waals surface area contributed by atoms with Gasteiger partial charge in [-0.25, -0.2) is 23.7 Å². The Balaban J connectivity index is 1.82. The quantitative estimate of drug-likeness (QED) is 0.339. The fraction of sp³-hybridized carbons (Fsp3) is 0.320. The number of anilines is 3. The largest absolute Gasteiger partial charge is 0.475 e. The molecule has 0 radical (unpaired) electrons. The summed E-state index contributed by atoms with van der Waals surface area (Å²) in [5, 5.41) is -0.0321. The van der Waals surface area contributed by atoms with Gasteiger partial charge in [0.2, 0.25) is 5.88 Å². The molecule has 210 valence electrons. The zero-order valence-corrected chi connectivity index (χ0v) is 21.6. The van der Waals surface area contributed by atoms with Gasteiger partial charge in [-0.1, -0.05) is 0 Å². The Morgan fingerprint density at radius 3 is 2.50 bits per heavy atom. The van der Waals surface area contributed by atoms with Crippen molar-refractivity contribution in [2.45, 2.75) is 39.0 Å². The number of halogens is 5. The standard InChI is InChI=1S/C25H23F5N8O2/c1-9-5-14(31)34-19(16(9)25(28,29)30)20-17(27)18-15-22(37-24(36-18)39-4)38(10(2)8-40-23(15)35-20)11(3)13-6-12(26)7-33-21(13)32/h5-7,10-11H,8H2,1-4H3,(H2,31,34)(H2,32,33)/t10-,11?/m0/s1. The lowest BCUT2D eigenvalue weighted by molar-refractivity contribution is -0.137. The highest BCUT2D eigenvalue weighted by Crippen LogP contribution is 2.45. The number of nitrogens with zero attached hydrogens (tertiary/aromatic N) is 6. The van der Waals surface area contributed by atoms with Crippen molar-refractivity contribution in [1.29, 1.82) is 0 Å². The molecule has 5 heterocycles. The van der Waals surface area contributed by atoms with E-state index in [2.05, 4.69) is 24.9 Å². The van der Waals surface area contributed by atoms with Crippen molar-refractivity contribution in [3.63, 3.8) is 0 Å². The Kier molecular flexibility index (Phi) is 6.46. The number of alkyl halides is 3. The summed E-state index contributed by atoms with van der Waals surface area (Å²) in [4.78, 5) is 22.0. The van der Waals surface area contributed by atoms with Crippen LogP contribution >= 0.6 is 0 Å². The lowest BCUT2D eigenvalue weighted by Crippen LogP contribution is -2.39. The van der Waals surface area contributed by atoms with Crippen LogP contribution < -0.4 is 25.8 Å². The van der Waals surface area contributed by atoms with Crippen LogP contribution in [-0.2, 0) is 6.18 Å². The minimum atomic E-state index is -4.90. The number of nitrogen functional groups attached to an aromatic ring is 2. The van der Waals surface area contributed by atoms with Gasteiger partial charge in [0, 0.05) is 5.56 Å². The first-order valence-corrected chi connectivity index (χ1v) is 11.9. The fourth-order valence-corrected chi connectivity index (χ4v) is 4.87. The van der Waals surface area contributed by atoms with Crippen molar-refractivity contribution >= 4 is 28.4 Å². The number of nitrogens with two attached hydrogens (primary N) is 2. The van der Waals surface area contributed by atoms with Crippen molar-refractivity contribution in [2.24, 2.45) is 0 Å². The van der Waals surface area contributed by atoms with E-state index in [0.717, 1.165) is 12.3 Å². The van der Waals surface area contributed by atoms with Crippen LogP contribution in [0.15, 0.2) is 18.3 Å². The van der Waals surface area contributed by atoms with Crippen LogP contribution in [0.1, 0.15) is 36.6 Å². The number of aromatic nitrogens is 5. The number of hydrogen-bond donors (Lipinski definition) is 2. The second-order valence-electron chi connectivity index (χ2n) is 9.29. The summed E-state index contributed by atoms with van der Waals surface area (Å²) in [5.41, 5.74) is 8.63. The van der Waals surface area contributed by atoms with E-state index < -0.39 is 52.4 Å². The molecule has 2 atom stereocenters. The first kappa shape index (κ1) is 27.0. The van der Waals surface area contributed by atoms with Crippen molar-refractivity contribution in [3.8, 4) is 23.3 Å². The molecule has 4 aromatic rings. The van der Waals surface area contributed by atoms with E-state index in [1.54, 1.807) is 18.7 Å². The van der Waals surface area contributed by atoms with Crippen LogP contribution in [0.3, 0.4) is 0 Å². The molecule has 0 aliphatic carbocycles. The highest BCUT2D eigenvalue weighted by molar-refractivity contribution is 5.97. The highest BCUT2D eigenvalue weighted by atomic mass is 19.4. The van der Waals surface area contributed by atoms with E-state index in [-0.39, 0.29) is 46.9 Å². The first-order valence-electron chi connectivity index (χ1n) is 11.9. The number of hydrogen-bond acceptors (Lipinski definition) is 10. The molecule has 1 unspecified atom stereocenters. The van der Waals surface area contributed by atoms with E-state index in [9.17, 15) is 17.6 Å². The SMILES string of the molecule is COc1nc2c3c(nc(-c4nc(N)cc(C)c4C(F)(F)F)c(F)c3n1)OC[C@H](C)N2C(C)c1cc(F)cnc1N. The minimum Gasteiger partial charge on any atom is -0.475 e. The molecule has 1 aliphatic heterocycles. The normalized spacial score (nSPS) is 16.0. The molecule has 1 aliphatic rings. The molecule has 5 rings (SSSR count). The molecule has 0 aromatic carbocycles. The third kappa shape index (κ3) is 4.40. The Hall–Kier alpha value is -4.56. The molecule has 0 saturated heterocycles. The first-order chi connectivity index (χ1) is 18.8. The van der Waals surface area contributed by atoms with Crippen LogP contribution in [0.25, 0.3) is 22.3 Å². The predicted octanol–water partition coefficient (Wildman–Crippen LogP) is 4.61. The third-order valence-corrected chi connectivity index (χ3v) is 6.60. The third-order valence-electron chi connectivity index (χ3n) is 6.60. The van der Waals surface area contributed by atoms with E-state index in [0.29, 0.717) is 5.56 Å². The summed E-state index contributed by atoms with van der Waals surface area (Å²) in [6.45, 7) is 4.59. The highest BCUT2D eigenvalue weighted by Gasteiger charge is 2.40. The summed E-state index contributed by atoms with van der Waals surface area (Å²) in [5.74, 6) is -2.19. The van der Waals surface area contributed by atoms with Crippen LogP contribution in [0.4, 0.5) is 39.4 Å². The van der Waals surface area contributed by atoms with Crippen molar-refractivity contribution in [2.75, 3.05) is 30.1 Å². The second-order valence-corrected chi connectivity index (χ2v) is 9.29. The topological polar surface area (TPSA) is 138 Å². The summed E-state index contributed by atoms with van der Waals surface area (Å²) < 4.78 is 83.6. The average molecular weight is 563 g/mol. The van der Waals surface area contributed by atoms with Crippen LogP contribution in [0.2, 0.25) is 0 Å². The maximum Gasteiger partial charge on any atom is 0.418 e. The van der Waals surface area contributed by atoms with Gasteiger partial charge in [-0.3, -0.25) is 0 Å². The molecule has 0 saturated carbocycles. The lowest BCUT2D eigenvalue weighted by atomic mass is 10.0. The molecule has 0 fully saturated rings. The summed E-state index contributed by atoms with van der Waals surface area (Å²) in [6, 6.07) is 0.798. The van der Waals surface area contributed by atoms with Gasteiger partial charge in [-0.15, -0.1) is 0 Å². The van der Waals surface area contributed by atoms with Gasteiger partial charge >= 0.3 is 12.2 Å². The fourth-order valence-electron chi connectivity index (χ4n) is 4.87. The number of rotatable bonds is 4. The molecule has 0 spiro atoms. The molecule has 4 N–H and O–H groups in total. The Morgan fingerprint density at radius 2 is 1.82 bits per heavy atom. The van der Waals surface area contributed by atoms with Gasteiger partial charge in [0.05, 0.1) is 31.0 Å². The molecular formula is C25H23F5N8O2. The van der Waals surface area contributed by atoms with Crippen LogP contribution in [0, 0.1) is 18.6 Å². The smallest absolute Gasteiger partial charge is 0.418 e. The molecule has 10 nitrogen and oxygen atoms in total. The van der Waals surface area contributed by atoms with Crippen molar-refractivity contribution in [1.82, 2.24) is 24.9 Å². The van der Waals surface area contributed by atoms with E-state index in [1.807, 2.05) is 0 Å². The maximum atomic E-state index is 16.2. The monoisotopic (exact) mass is 562 g/mol. The van der Waals surface area contributed by atoms with E-state index in [1.165, 1.54) is 20.1 Å². The van der Waals surface area contributed by atoms with Gasteiger partial charge in [-0.05, 0) is 38.5 Å². The average Bonchev–Trinajstić information content (AvgIpc) is 3.01. The van der Waals surface area contributed by atoms with Gasteiger partial charge in [0.1, 0.15) is 52.2 Å². The van der Waals surface area contributed by atoms with Crippen LogP contribution in [-0.4, -0.2) is 44.7 Å². The van der Waals surface area contributed by atoms with Crippen molar-refractivity contribution in [3.05, 3.63) is 46.7 Å². The number of pyridine rings is 3. The lowest BCUT2D eigenvalue weighted by Gasteiger charge is -2.34. The van der Waals surface area contributed by atoms with Gasteiger partial charge < -0.3 is 25.8 Å². The van der Waals surface area contributed by atoms with E-state index >= 15 is 4.39 Å². The molecule has 15 heteroatoms. The molecular weight excluding hydrogens is 539 g/mol. The van der Waals surface area contributed by atoms with Gasteiger partial charge in [0.15, 0.2) is 5.82 Å². The Morgan fingerprint density at radius 1 is 1.10 bits per heavy atom. The zero-order chi connectivity index (χ0) is 29.1. The summed E-state index contributed by atoms with van der Waals surface area (Å²) in [7, 11) is 1.25. The molecule has 0 bridgehead atoms.